The number of aromatic nitrogens is 1. The summed E-state index contributed by atoms with van der Waals surface area (Å²) in [6, 6.07) is 17.0. The lowest BCUT2D eigenvalue weighted by Gasteiger charge is -2.34. The highest BCUT2D eigenvalue weighted by Gasteiger charge is 2.26. The van der Waals surface area contributed by atoms with Crippen LogP contribution in [0.4, 0.5) is 0 Å². The first-order valence-corrected chi connectivity index (χ1v) is 13.7. The number of para-hydroxylation sites is 1. The van der Waals surface area contributed by atoms with E-state index in [2.05, 4.69) is 115 Å². The fourth-order valence-corrected chi connectivity index (χ4v) is 5.56. The minimum atomic E-state index is 0.317. The Labute approximate surface area is 217 Å². The number of benzene rings is 2. The highest BCUT2D eigenvalue weighted by atomic mass is 32.1. The van der Waals surface area contributed by atoms with Crippen molar-refractivity contribution >= 4 is 43.9 Å². The largest absolute Gasteiger partial charge is 0.361 e. The quantitative estimate of drug-likeness (QED) is 0.260. The lowest BCUT2D eigenvalue weighted by molar-refractivity contribution is 0.505. The smallest absolute Gasteiger partial charge is 0.149 e. The van der Waals surface area contributed by atoms with Gasteiger partial charge in [-0.05, 0) is 36.5 Å². The van der Waals surface area contributed by atoms with Gasteiger partial charge in [-0.25, -0.2) is 0 Å². The van der Waals surface area contributed by atoms with Crippen molar-refractivity contribution in [3.05, 3.63) is 101 Å². The molecule has 184 valence electrons. The number of aliphatic imine (C=N–C) groups is 1. The van der Waals surface area contributed by atoms with Gasteiger partial charge in [0.15, 0.2) is 0 Å². The van der Waals surface area contributed by atoms with Crippen molar-refractivity contribution in [2.45, 2.75) is 40.0 Å². The Balaban J connectivity index is 1.52. The van der Waals surface area contributed by atoms with E-state index in [9.17, 15) is 0 Å². The Kier molecular flexibility index (Phi) is 7.10. The summed E-state index contributed by atoms with van der Waals surface area (Å²) in [5, 5.41) is 8.48. The Morgan fingerprint density at radius 3 is 2.69 bits per heavy atom. The van der Waals surface area contributed by atoms with E-state index < -0.39 is 0 Å². The zero-order valence-corrected chi connectivity index (χ0v) is 22.2. The van der Waals surface area contributed by atoms with Crippen LogP contribution in [0, 0.1) is 5.92 Å². The van der Waals surface area contributed by atoms with Crippen LogP contribution < -0.4 is 5.32 Å². The molecule has 3 heterocycles. The summed E-state index contributed by atoms with van der Waals surface area (Å²) in [6.45, 7) is 11.8. The molecular formula is C31H34N4S. The van der Waals surface area contributed by atoms with Gasteiger partial charge in [-0.3, -0.25) is 4.99 Å². The topological polar surface area (TPSA) is 43.4 Å². The molecular weight excluding hydrogens is 460 g/mol. The van der Waals surface area contributed by atoms with Crippen LogP contribution in [0.25, 0.3) is 26.7 Å². The van der Waals surface area contributed by atoms with E-state index in [0.717, 1.165) is 42.2 Å². The Morgan fingerprint density at radius 1 is 1.11 bits per heavy atom. The number of hydrogen-bond donors (Lipinski definition) is 2. The van der Waals surface area contributed by atoms with Gasteiger partial charge in [-0.2, -0.15) is 0 Å². The van der Waals surface area contributed by atoms with Crippen LogP contribution in [0.5, 0.6) is 0 Å². The predicted octanol–water partition coefficient (Wildman–Crippen LogP) is 8.08. The Hall–Kier alpha value is -3.57. The van der Waals surface area contributed by atoms with Crippen molar-refractivity contribution < 1.29 is 0 Å². The Bertz CT molecular complexity index is 1480. The molecule has 0 spiro atoms. The Morgan fingerprint density at radius 2 is 1.89 bits per heavy atom. The normalized spacial score (nSPS) is 16.3. The fraction of sp³-hybridized carbons (Fsp3) is 0.258. The zero-order valence-electron chi connectivity index (χ0n) is 21.3. The highest BCUT2D eigenvalue weighted by Crippen LogP contribution is 2.34. The van der Waals surface area contributed by atoms with Gasteiger partial charge in [0.2, 0.25) is 0 Å². The highest BCUT2D eigenvalue weighted by molar-refractivity contribution is 7.17. The van der Waals surface area contributed by atoms with Gasteiger partial charge in [0, 0.05) is 56.6 Å². The van der Waals surface area contributed by atoms with Crippen LogP contribution in [-0.4, -0.2) is 22.3 Å². The van der Waals surface area contributed by atoms with E-state index in [1.54, 1.807) is 11.3 Å². The number of fused-ring (bicyclic) bond motifs is 2. The molecule has 36 heavy (non-hydrogen) atoms. The average Bonchev–Trinajstić information content (AvgIpc) is 3.51. The summed E-state index contributed by atoms with van der Waals surface area (Å²) in [7, 11) is 0. The summed E-state index contributed by atoms with van der Waals surface area (Å²) in [6.07, 6.45) is 9.57. The first-order chi connectivity index (χ1) is 17.6. The molecule has 4 nitrogen and oxygen atoms in total. The number of unbranched alkanes of at least 4 members (excludes halogenated alkanes) is 1. The standard InChI is InChI=1S/C31H34N4S/c1-5-6-14-29-31(32-17-16-23-18-33-27-13-9-7-11-24(23)27)34-28(19-35(29)22(4)21(2)3)26-20-36-30-15-10-8-12-25(26)30/h7-15,18-21,33H,4-6,16-17H2,1-3H3,(H,32,34)/b29-14-. The van der Waals surface area contributed by atoms with Gasteiger partial charge in [0.1, 0.15) is 5.84 Å². The molecule has 0 saturated heterocycles. The third kappa shape index (κ3) is 4.76. The lowest BCUT2D eigenvalue weighted by atomic mass is 10.0. The second kappa shape index (κ2) is 10.6. The number of H-pyrrole nitrogens is 1. The molecule has 0 bridgehead atoms. The summed E-state index contributed by atoms with van der Waals surface area (Å²) >= 11 is 1.78. The van der Waals surface area contributed by atoms with Crippen LogP contribution in [0.2, 0.25) is 0 Å². The molecule has 0 saturated carbocycles. The molecule has 5 rings (SSSR count). The number of amidine groups is 1. The summed E-state index contributed by atoms with van der Waals surface area (Å²) in [5.41, 5.74) is 6.91. The van der Waals surface area contributed by atoms with Crippen molar-refractivity contribution in [2.24, 2.45) is 10.9 Å². The maximum Gasteiger partial charge on any atom is 0.149 e. The van der Waals surface area contributed by atoms with Gasteiger partial charge in [0.25, 0.3) is 0 Å². The number of hydrogen-bond acceptors (Lipinski definition) is 3. The number of allylic oxidation sites excluding steroid dienone is 2. The molecule has 0 radical (unpaired) electrons. The molecule has 2 aromatic heterocycles. The zero-order chi connectivity index (χ0) is 25.1. The van der Waals surface area contributed by atoms with E-state index in [1.807, 2.05) is 0 Å². The second-order valence-corrected chi connectivity index (χ2v) is 10.5. The molecule has 0 atom stereocenters. The maximum absolute atomic E-state index is 5.13. The molecule has 1 aliphatic rings. The van der Waals surface area contributed by atoms with Gasteiger partial charge in [0.05, 0.1) is 11.4 Å². The first-order valence-electron chi connectivity index (χ1n) is 12.8. The summed E-state index contributed by atoms with van der Waals surface area (Å²) < 4.78 is 1.29. The minimum Gasteiger partial charge on any atom is -0.361 e. The van der Waals surface area contributed by atoms with Gasteiger partial charge in [-0.1, -0.05) is 76.2 Å². The van der Waals surface area contributed by atoms with Crippen molar-refractivity contribution in [1.82, 2.24) is 15.2 Å². The minimum absolute atomic E-state index is 0.317. The summed E-state index contributed by atoms with van der Waals surface area (Å²) in [4.78, 5) is 10.8. The third-order valence-corrected chi connectivity index (χ3v) is 7.68. The maximum atomic E-state index is 5.13. The predicted molar refractivity (Wildman–Crippen MR) is 156 cm³/mol. The van der Waals surface area contributed by atoms with E-state index in [-0.39, 0.29) is 0 Å². The lowest BCUT2D eigenvalue weighted by Crippen LogP contribution is -2.38. The number of thiophene rings is 1. The molecule has 0 fully saturated rings. The third-order valence-electron chi connectivity index (χ3n) is 6.71. The van der Waals surface area contributed by atoms with Gasteiger partial charge >= 0.3 is 0 Å². The molecule has 0 unspecified atom stereocenters. The fourth-order valence-electron chi connectivity index (χ4n) is 4.60. The van der Waals surface area contributed by atoms with Crippen LogP contribution in [0.1, 0.15) is 44.7 Å². The van der Waals surface area contributed by atoms with E-state index in [4.69, 9.17) is 4.99 Å². The van der Waals surface area contributed by atoms with Crippen LogP contribution in [-0.2, 0) is 6.42 Å². The number of aromatic amines is 1. The number of nitrogens with one attached hydrogen (secondary N) is 2. The van der Waals surface area contributed by atoms with Crippen LogP contribution in [0.15, 0.2) is 95.3 Å². The van der Waals surface area contributed by atoms with E-state index in [0.29, 0.717) is 12.5 Å². The summed E-state index contributed by atoms with van der Waals surface area (Å²) in [5.74, 6) is 1.23. The first kappa shape index (κ1) is 24.1. The molecule has 2 N–H and O–H groups in total. The second-order valence-electron chi connectivity index (χ2n) is 9.55. The van der Waals surface area contributed by atoms with E-state index in [1.165, 1.54) is 32.1 Å². The van der Waals surface area contributed by atoms with Crippen molar-refractivity contribution in [2.75, 3.05) is 6.54 Å². The van der Waals surface area contributed by atoms with Gasteiger partial charge < -0.3 is 15.2 Å². The molecule has 2 aromatic carbocycles. The van der Waals surface area contributed by atoms with Gasteiger partial charge in [-0.15, -0.1) is 11.3 Å². The van der Waals surface area contributed by atoms with Crippen molar-refractivity contribution in [3.8, 4) is 0 Å². The van der Waals surface area contributed by atoms with Crippen LogP contribution in [0.3, 0.4) is 0 Å². The molecule has 1 aliphatic heterocycles. The van der Waals surface area contributed by atoms with Crippen molar-refractivity contribution in [1.29, 1.82) is 0 Å². The molecule has 4 aromatic rings. The molecule has 0 aliphatic carbocycles. The number of rotatable bonds is 8. The average molecular weight is 495 g/mol. The monoisotopic (exact) mass is 494 g/mol. The van der Waals surface area contributed by atoms with E-state index >= 15 is 0 Å². The SMILES string of the molecule is C=C(C(C)C)N1C=C(c2csc3ccccc23)NC(=NCCc2c[nH]c3ccccc23)/C1=C/CCC. The molecule has 5 heteroatoms. The van der Waals surface area contributed by atoms with Crippen LogP contribution >= 0.6 is 11.3 Å². The molecule has 0 amide bonds. The van der Waals surface area contributed by atoms with Crippen molar-refractivity contribution in [3.63, 3.8) is 0 Å². The number of nitrogens with zero attached hydrogens (tertiary/aromatic N) is 2.